The van der Waals surface area contributed by atoms with Gasteiger partial charge in [-0.25, -0.2) is 0 Å². The van der Waals surface area contributed by atoms with Crippen molar-refractivity contribution in [1.82, 2.24) is 5.32 Å². The maximum Gasteiger partial charge on any atom is 0.326 e. The molecule has 0 spiro atoms. The van der Waals surface area contributed by atoms with Gasteiger partial charge in [-0.2, -0.15) is 0 Å². The fourth-order valence-corrected chi connectivity index (χ4v) is 3.51. The Balaban J connectivity index is 1.89. The van der Waals surface area contributed by atoms with Crippen LogP contribution in [-0.4, -0.2) is 42.3 Å². The molecule has 7 heteroatoms. The summed E-state index contributed by atoms with van der Waals surface area (Å²) in [6.07, 6.45) is 0.751. The summed E-state index contributed by atoms with van der Waals surface area (Å²) >= 11 is 0. The molecule has 0 fully saturated rings. The highest BCUT2D eigenvalue weighted by atomic mass is 16.5. The number of anilines is 1. The van der Waals surface area contributed by atoms with E-state index in [2.05, 4.69) is 26.1 Å². The second-order valence-corrected chi connectivity index (χ2v) is 8.57. The van der Waals surface area contributed by atoms with E-state index in [-0.39, 0.29) is 11.0 Å². The monoisotopic (exact) mass is 374 g/mol. The van der Waals surface area contributed by atoms with E-state index >= 15 is 0 Å². The van der Waals surface area contributed by atoms with Crippen LogP contribution in [0.4, 0.5) is 5.69 Å². The van der Waals surface area contributed by atoms with Crippen LogP contribution in [0.25, 0.3) is 0 Å². The lowest BCUT2D eigenvalue weighted by molar-refractivity contribution is -0.148. The van der Waals surface area contributed by atoms with Crippen molar-refractivity contribution in [2.24, 2.45) is 5.41 Å². The van der Waals surface area contributed by atoms with E-state index in [1.54, 1.807) is 18.2 Å². The average Bonchev–Trinajstić information content (AvgIpc) is 2.76. The van der Waals surface area contributed by atoms with Gasteiger partial charge in [-0.05, 0) is 37.8 Å². The molecule has 2 rings (SSSR count). The highest BCUT2D eigenvalue weighted by Crippen LogP contribution is 2.28. The summed E-state index contributed by atoms with van der Waals surface area (Å²) in [5, 5.41) is 2.84. The number of amides is 2. The molecule has 1 aliphatic rings. The number of hydrogen-bond acceptors (Lipinski definition) is 5. The maximum absolute atomic E-state index is 12.1. The third kappa shape index (κ3) is 5.39. The molecular weight excluding hydrogens is 348 g/mol. The Kier molecular flexibility index (Phi) is 5.73. The summed E-state index contributed by atoms with van der Waals surface area (Å²) in [5.41, 5.74) is 0.221. The molecule has 0 unspecified atom stereocenters. The zero-order chi connectivity index (χ0) is 20.4. The van der Waals surface area contributed by atoms with Crippen LogP contribution in [0.5, 0.6) is 0 Å². The Bertz CT molecular complexity index is 777. The van der Waals surface area contributed by atoms with Gasteiger partial charge >= 0.3 is 5.97 Å². The third-order valence-electron chi connectivity index (χ3n) is 3.98. The van der Waals surface area contributed by atoms with Crippen LogP contribution in [0.15, 0.2) is 24.3 Å². The molecular formula is C20H26N2O5. The summed E-state index contributed by atoms with van der Waals surface area (Å²) in [7, 11) is 0. The molecule has 0 bridgehead atoms. The smallest absolute Gasteiger partial charge is 0.326 e. The first-order chi connectivity index (χ1) is 12.4. The number of carbonyl (C=O) groups is 4. The second kappa shape index (κ2) is 7.50. The molecule has 0 saturated carbocycles. The van der Waals surface area contributed by atoms with Crippen LogP contribution in [0, 0.1) is 5.41 Å². The van der Waals surface area contributed by atoms with Crippen molar-refractivity contribution in [2.75, 3.05) is 18.1 Å². The SMILES string of the molecule is CC(C)(C)CC(C)(C)NC(=O)COC(=O)CN1C(=O)C(=O)c2ccccc21. The fraction of sp³-hybridized carbons (Fsp3) is 0.500. The molecule has 1 aromatic rings. The Morgan fingerprint density at radius 3 is 2.33 bits per heavy atom. The topological polar surface area (TPSA) is 92.8 Å². The largest absolute Gasteiger partial charge is 0.454 e. The Morgan fingerprint density at radius 2 is 1.70 bits per heavy atom. The quantitative estimate of drug-likeness (QED) is 0.608. The van der Waals surface area contributed by atoms with Crippen molar-refractivity contribution in [3.05, 3.63) is 29.8 Å². The van der Waals surface area contributed by atoms with Gasteiger partial charge in [0.05, 0.1) is 11.3 Å². The zero-order valence-corrected chi connectivity index (χ0v) is 16.4. The molecule has 2 amide bonds. The van der Waals surface area contributed by atoms with Gasteiger partial charge in [-0.3, -0.25) is 24.1 Å². The lowest BCUT2D eigenvalue weighted by atomic mass is 9.82. The number of ether oxygens (including phenoxy) is 1. The summed E-state index contributed by atoms with van der Waals surface area (Å²) in [5.74, 6) is -2.59. The number of Topliss-reactive ketones (excluding diaryl/α,β-unsaturated/α-hetero) is 1. The van der Waals surface area contributed by atoms with E-state index in [0.717, 1.165) is 11.3 Å². The number of nitrogens with one attached hydrogen (secondary N) is 1. The van der Waals surface area contributed by atoms with Crippen molar-refractivity contribution in [2.45, 2.75) is 46.6 Å². The molecule has 1 N–H and O–H groups in total. The van der Waals surface area contributed by atoms with Gasteiger partial charge in [0.1, 0.15) is 6.54 Å². The molecule has 0 aromatic heterocycles. The Morgan fingerprint density at radius 1 is 1.07 bits per heavy atom. The molecule has 0 atom stereocenters. The van der Waals surface area contributed by atoms with Gasteiger partial charge in [0, 0.05) is 5.54 Å². The number of hydrogen-bond donors (Lipinski definition) is 1. The molecule has 1 aliphatic heterocycles. The highest BCUT2D eigenvalue weighted by molar-refractivity contribution is 6.52. The predicted molar refractivity (Wildman–Crippen MR) is 100 cm³/mol. The van der Waals surface area contributed by atoms with Crippen LogP contribution in [-0.2, 0) is 19.1 Å². The zero-order valence-electron chi connectivity index (χ0n) is 16.4. The first-order valence-electron chi connectivity index (χ1n) is 8.81. The van der Waals surface area contributed by atoms with E-state index in [1.165, 1.54) is 6.07 Å². The van der Waals surface area contributed by atoms with Crippen molar-refractivity contribution < 1.29 is 23.9 Å². The third-order valence-corrected chi connectivity index (χ3v) is 3.98. The van der Waals surface area contributed by atoms with E-state index < -0.39 is 42.3 Å². The van der Waals surface area contributed by atoms with E-state index in [0.29, 0.717) is 5.69 Å². The predicted octanol–water partition coefficient (Wildman–Crippen LogP) is 2.09. The number of rotatable bonds is 6. The summed E-state index contributed by atoms with van der Waals surface area (Å²) in [6.45, 7) is 9.18. The van der Waals surface area contributed by atoms with Crippen molar-refractivity contribution in [3.8, 4) is 0 Å². The van der Waals surface area contributed by atoms with Crippen LogP contribution in [0.3, 0.4) is 0 Å². The van der Waals surface area contributed by atoms with E-state index in [4.69, 9.17) is 4.74 Å². The van der Waals surface area contributed by atoms with Crippen LogP contribution < -0.4 is 10.2 Å². The molecule has 146 valence electrons. The summed E-state index contributed by atoms with van der Waals surface area (Å²) in [6, 6.07) is 6.45. The highest BCUT2D eigenvalue weighted by Gasteiger charge is 2.37. The molecule has 0 aliphatic carbocycles. The number of fused-ring (bicyclic) bond motifs is 1. The van der Waals surface area contributed by atoms with Crippen molar-refractivity contribution in [1.29, 1.82) is 0 Å². The van der Waals surface area contributed by atoms with Crippen LogP contribution in [0.1, 0.15) is 51.4 Å². The number of esters is 1. The van der Waals surface area contributed by atoms with Gasteiger partial charge in [-0.1, -0.05) is 32.9 Å². The standard InChI is InChI=1S/C20H26N2O5/c1-19(2,3)12-20(4,5)21-15(23)11-27-16(24)10-22-14-9-7-6-8-13(14)17(25)18(22)26/h6-9H,10-12H2,1-5H3,(H,21,23). The lowest BCUT2D eigenvalue weighted by Crippen LogP contribution is -2.47. The first kappa shape index (κ1) is 20.6. The van der Waals surface area contributed by atoms with Crippen molar-refractivity contribution >= 4 is 29.3 Å². The minimum atomic E-state index is -0.774. The molecule has 0 radical (unpaired) electrons. The Labute approximate surface area is 159 Å². The molecule has 7 nitrogen and oxygen atoms in total. The number of nitrogens with zero attached hydrogens (tertiary/aromatic N) is 1. The van der Waals surface area contributed by atoms with E-state index in [9.17, 15) is 19.2 Å². The summed E-state index contributed by atoms with van der Waals surface area (Å²) in [4.78, 5) is 49.2. The molecule has 1 heterocycles. The molecule has 0 saturated heterocycles. The van der Waals surface area contributed by atoms with Crippen molar-refractivity contribution in [3.63, 3.8) is 0 Å². The molecule has 27 heavy (non-hydrogen) atoms. The molecule has 1 aromatic carbocycles. The number of benzene rings is 1. The number of carbonyl (C=O) groups excluding carboxylic acids is 4. The number of ketones is 1. The summed E-state index contributed by atoms with van der Waals surface area (Å²) < 4.78 is 4.98. The van der Waals surface area contributed by atoms with Crippen LogP contribution in [0.2, 0.25) is 0 Å². The van der Waals surface area contributed by atoms with E-state index in [1.807, 2.05) is 13.8 Å². The average molecular weight is 374 g/mol. The number of para-hydroxylation sites is 1. The maximum atomic E-state index is 12.1. The van der Waals surface area contributed by atoms with Gasteiger partial charge in [0.25, 0.3) is 17.6 Å². The minimum Gasteiger partial charge on any atom is -0.454 e. The van der Waals surface area contributed by atoms with Gasteiger partial charge in [0.15, 0.2) is 6.61 Å². The first-order valence-corrected chi connectivity index (χ1v) is 8.81. The van der Waals surface area contributed by atoms with Crippen LogP contribution >= 0.6 is 0 Å². The van der Waals surface area contributed by atoms with Gasteiger partial charge < -0.3 is 10.1 Å². The Hall–Kier alpha value is -2.70. The second-order valence-electron chi connectivity index (χ2n) is 8.57. The fourth-order valence-electron chi connectivity index (χ4n) is 3.51. The van der Waals surface area contributed by atoms with Gasteiger partial charge in [-0.15, -0.1) is 0 Å². The van der Waals surface area contributed by atoms with Gasteiger partial charge in [0.2, 0.25) is 0 Å². The minimum absolute atomic E-state index is 0.0312. The normalized spacial score (nSPS) is 14.2. The lowest BCUT2D eigenvalue weighted by Gasteiger charge is -2.33.